The number of rotatable bonds is 2. The topological polar surface area (TPSA) is 135 Å². The van der Waals surface area contributed by atoms with E-state index in [9.17, 15) is 16.8 Å². The molecule has 0 saturated carbocycles. The highest BCUT2D eigenvalue weighted by molar-refractivity contribution is 7.86. The monoisotopic (exact) mass is 303 g/mol. The minimum atomic E-state index is -4.62. The van der Waals surface area contributed by atoms with E-state index in [1.165, 1.54) is 24.3 Å². The SMILES string of the molecule is Nc1cc(S(=O)(=O)O)c2ccccc2c1S(=O)(=O)O. The van der Waals surface area contributed by atoms with Crippen LogP contribution in [0.4, 0.5) is 5.69 Å². The maximum absolute atomic E-state index is 11.3. The lowest BCUT2D eigenvalue weighted by Gasteiger charge is -2.10. The van der Waals surface area contributed by atoms with Gasteiger partial charge in [-0.2, -0.15) is 16.8 Å². The zero-order chi connectivity index (χ0) is 14.4. The van der Waals surface area contributed by atoms with E-state index in [0.29, 0.717) is 0 Å². The van der Waals surface area contributed by atoms with Crippen LogP contribution in [0.5, 0.6) is 0 Å². The molecule has 0 amide bonds. The van der Waals surface area contributed by atoms with E-state index in [2.05, 4.69) is 0 Å². The van der Waals surface area contributed by atoms with E-state index in [0.717, 1.165) is 6.07 Å². The van der Waals surface area contributed by atoms with Crippen LogP contribution in [-0.4, -0.2) is 25.9 Å². The summed E-state index contributed by atoms with van der Waals surface area (Å²) >= 11 is 0. The molecule has 0 aromatic heterocycles. The van der Waals surface area contributed by atoms with Crippen molar-refractivity contribution >= 4 is 36.7 Å². The van der Waals surface area contributed by atoms with Crippen LogP contribution in [0.3, 0.4) is 0 Å². The van der Waals surface area contributed by atoms with Crippen molar-refractivity contribution in [2.45, 2.75) is 9.79 Å². The maximum Gasteiger partial charge on any atom is 0.297 e. The fourth-order valence-corrected chi connectivity index (χ4v) is 3.38. The van der Waals surface area contributed by atoms with E-state index < -0.39 is 35.7 Å². The normalized spacial score (nSPS) is 12.7. The van der Waals surface area contributed by atoms with E-state index in [-0.39, 0.29) is 10.8 Å². The molecular formula is C10H9NO6S2. The summed E-state index contributed by atoms with van der Waals surface area (Å²) in [7, 11) is -9.19. The molecule has 0 unspecified atom stereocenters. The van der Waals surface area contributed by atoms with Crippen molar-refractivity contribution < 1.29 is 25.9 Å². The smallest absolute Gasteiger partial charge is 0.297 e. The molecular weight excluding hydrogens is 294 g/mol. The van der Waals surface area contributed by atoms with Crippen molar-refractivity contribution in [2.75, 3.05) is 5.73 Å². The maximum atomic E-state index is 11.3. The molecule has 19 heavy (non-hydrogen) atoms. The van der Waals surface area contributed by atoms with Crippen LogP contribution in [0.25, 0.3) is 10.8 Å². The van der Waals surface area contributed by atoms with Crippen LogP contribution < -0.4 is 5.73 Å². The van der Waals surface area contributed by atoms with Crippen LogP contribution in [0, 0.1) is 0 Å². The molecule has 7 nitrogen and oxygen atoms in total. The Morgan fingerprint density at radius 1 is 0.895 bits per heavy atom. The van der Waals surface area contributed by atoms with Gasteiger partial charge >= 0.3 is 0 Å². The third kappa shape index (κ3) is 2.40. The highest BCUT2D eigenvalue weighted by Gasteiger charge is 2.23. The molecule has 0 fully saturated rings. The summed E-state index contributed by atoms with van der Waals surface area (Å²) in [6.07, 6.45) is 0. The molecule has 102 valence electrons. The highest BCUT2D eigenvalue weighted by atomic mass is 32.2. The molecule has 0 bridgehead atoms. The van der Waals surface area contributed by atoms with E-state index >= 15 is 0 Å². The molecule has 2 aromatic rings. The Bertz CT molecular complexity index is 870. The molecule has 9 heteroatoms. The second-order valence-electron chi connectivity index (χ2n) is 3.79. The Morgan fingerprint density at radius 3 is 1.89 bits per heavy atom. The number of hydrogen-bond acceptors (Lipinski definition) is 5. The Morgan fingerprint density at radius 2 is 1.42 bits per heavy atom. The molecule has 0 aliphatic rings. The molecule has 0 aliphatic heterocycles. The molecule has 0 heterocycles. The number of fused-ring (bicyclic) bond motifs is 1. The van der Waals surface area contributed by atoms with Crippen LogP contribution in [0.2, 0.25) is 0 Å². The molecule has 0 atom stereocenters. The first-order valence-corrected chi connectivity index (χ1v) is 7.76. The summed E-state index contributed by atoms with van der Waals surface area (Å²) in [5.74, 6) is 0. The van der Waals surface area contributed by atoms with E-state index in [1.54, 1.807) is 0 Å². The second kappa shape index (κ2) is 4.17. The number of nitrogens with two attached hydrogens (primary N) is 1. The average molecular weight is 303 g/mol. The number of nitrogen functional groups attached to an aromatic ring is 1. The van der Waals surface area contributed by atoms with Gasteiger partial charge in [0.05, 0.1) is 5.69 Å². The van der Waals surface area contributed by atoms with Gasteiger partial charge in [0.15, 0.2) is 0 Å². The standard InChI is InChI=1S/C10H9NO6S2/c11-8-5-9(18(12,13)14)6-3-1-2-4-7(6)10(8)19(15,16)17/h1-5H,11H2,(H,12,13,14)(H,15,16,17). The quantitative estimate of drug-likeness (QED) is 0.554. The zero-order valence-corrected chi connectivity index (χ0v) is 10.9. The molecule has 0 saturated heterocycles. The number of hydrogen-bond donors (Lipinski definition) is 3. The van der Waals surface area contributed by atoms with Gasteiger partial charge in [-0.3, -0.25) is 9.11 Å². The summed E-state index contributed by atoms with van der Waals surface area (Å²) in [4.78, 5) is -1.11. The molecule has 0 spiro atoms. The lowest BCUT2D eigenvalue weighted by Crippen LogP contribution is -2.08. The number of benzene rings is 2. The van der Waals surface area contributed by atoms with Crippen molar-refractivity contribution in [3.05, 3.63) is 30.3 Å². The third-order valence-electron chi connectivity index (χ3n) is 2.52. The second-order valence-corrected chi connectivity index (χ2v) is 6.54. The number of anilines is 1. The lowest BCUT2D eigenvalue weighted by molar-refractivity contribution is 0.480. The van der Waals surface area contributed by atoms with Crippen molar-refractivity contribution in [1.82, 2.24) is 0 Å². The van der Waals surface area contributed by atoms with Gasteiger partial charge in [0, 0.05) is 10.8 Å². The van der Waals surface area contributed by atoms with Crippen molar-refractivity contribution in [3.63, 3.8) is 0 Å². The van der Waals surface area contributed by atoms with Gasteiger partial charge in [0.25, 0.3) is 20.2 Å². The predicted molar refractivity (Wildman–Crippen MR) is 68.0 cm³/mol. The largest absolute Gasteiger partial charge is 0.398 e. The summed E-state index contributed by atoms with van der Waals surface area (Å²) in [5.41, 5.74) is 4.99. The van der Waals surface area contributed by atoms with E-state index in [1.807, 2.05) is 0 Å². The molecule has 0 radical (unpaired) electrons. The fraction of sp³-hybridized carbons (Fsp3) is 0. The summed E-state index contributed by atoms with van der Waals surface area (Å²) < 4.78 is 63.3. The average Bonchev–Trinajstić information content (AvgIpc) is 2.24. The van der Waals surface area contributed by atoms with Crippen molar-refractivity contribution in [1.29, 1.82) is 0 Å². The Labute approximate surface area is 109 Å². The first-order valence-electron chi connectivity index (χ1n) is 4.88. The van der Waals surface area contributed by atoms with Crippen LogP contribution in [0.1, 0.15) is 0 Å². The van der Waals surface area contributed by atoms with Crippen molar-refractivity contribution in [2.24, 2.45) is 0 Å². The first kappa shape index (κ1) is 13.7. The Hall–Kier alpha value is -1.68. The van der Waals surface area contributed by atoms with Gasteiger partial charge < -0.3 is 5.73 Å². The predicted octanol–water partition coefficient (Wildman–Crippen LogP) is 0.915. The minimum Gasteiger partial charge on any atom is -0.398 e. The van der Waals surface area contributed by atoms with Gasteiger partial charge in [-0.05, 0) is 6.07 Å². The van der Waals surface area contributed by atoms with Crippen molar-refractivity contribution in [3.8, 4) is 0 Å². The fourth-order valence-electron chi connectivity index (χ4n) is 1.84. The van der Waals surface area contributed by atoms with Gasteiger partial charge in [-0.25, -0.2) is 0 Å². The minimum absolute atomic E-state index is 0.0492. The molecule has 2 rings (SSSR count). The van der Waals surface area contributed by atoms with E-state index in [4.69, 9.17) is 14.8 Å². The van der Waals surface area contributed by atoms with Crippen LogP contribution in [-0.2, 0) is 20.2 Å². The summed E-state index contributed by atoms with van der Waals surface area (Å²) in [5, 5.41) is -0.135. The Balaban J connectivity index is 3.11. The van der Waals surface area contributed by atoms with Gasteiger partial charge in [0.1, 0.15) is 9.79 Å². The molecule has 4 N–H and O–H groups in total. The highest BCUT2D eigenvalue weighted by Crippen LogP contribution is 2.33. The zero-order valence-electron chi connectivity index (χ0n) is 9.31. The molecule has 0 aliphatic carbocycles. The lowest BCUT2D eigenvalue weighted by atomic mass is 10.1. The van der Waals surface area contributed by atoms with Gasteiger partial charge in [-0.1, -0.05) is 24.3 Å². The van der Waals surface area contributed by atoms with Gasteiger partial charge in [0.2, 0.25) is 0 Å². The third-order valence-corrected chi connectivity index (χ3v) is 4.39. The summed E-state index contributed by atoms with van der Waals surface area (Å²) in [6.45, 7) is 0. The van der Waals surface area contributed by atoms with Gasteiger partial charge in [-0.15, -0.1) is 0 Å². The first-order chi connectivity index (χ1) is 8.62. The Kier molecular flexibility index (Phi) is 3.01. The summed E-state index contributed by atoms with van der Waals surface area (Å²) in [6, 6.07) is 6.28. The van der Waals surface area contributed by atoms with Crippen LogP contribution >= 0.6 is 0 Å². The molecule has 2 aromatic carbocycles. The van der Waals surface area contributed by atoms with Crippen LogP contribution in [0.15, 0.2) is 40.1 Å².